The Bertz CT molecular complexity index is 366. The normalized spacial score (nSPS) is 19.4. The van der Waals surface area contributed by atoms with Gasteiger partial charge in [0, 0.05) is 18.8 Å². The van der Waals surface area contributed by atoms with Gasteiger partial charge in [-0.2, -0.15) is 0 Å². The van der Waals surface area contributed by atoms with Gasteiger partial charge >= 0.3 is 0 Å². The van der Waals surface area contributed by atoms with Crippen LogP contribution in [0.1, 0.15) is 29.5 Å². The van der Waals surface area contributed by atoms with Crippen molar-refractivity contribution in [3.63, 3.8) is 0 Å². The number of aryl methyl sites for hydroxylation is 2. The van der Waals surface area contributed by atoms with Gasteiger partial charge in [-0.25, -0.2) is 0 Å². The maximum absolute atomic E-state index is 2.60. The first-order chi connectivity index (χ1) is 6.86. The maximum Gasteiger partial charge on any atom is 0.0433 e. The van der Waals surface area contributed by atoms with Crippen molar-refractivity contribution < 1.29 is 0 Å². The van der Waals surface area contributed by atoms with Crippen LogP contribution < -0.4 is 4.90 Å². The van der Waals surface area contributed by atoms with Crippen LogP contribution in [0.25, 0.3) is 0 Å². The molecule has 1 aromatic carbocycles. The topological polar surface area (TPSA) is 3.24 Å². The monoisotopic (exact) mass is 187 g/mol. The minimum atomic E-state index is 1.28. The van der Waals surface area contributed by atoms with Gasteiger partial charge in [0.1, 0.15) is 0 Å². The van der Waals surface area contributed by atoms with Crippen LogP contribution in [0.5, 0.6) is 0 Å². The van der Waals surface area contributed by atoms with E-state index in [1.807, 2.05) is 0 Å². The molecule has 0 fully saturated rings. The van der Waals surface area contributed by atoms with E-state index in [1.165, 1.54) is 44.3 Å². The summed E-state index contributed by atoms with van der Waals surface area (Å²) in [5, 5.41) is 0. The zero-order chi connectivity index (χ0) is 9.54. The molecule has 2 aliphatic heterocycles. The fraction of sp³-hybridized carbons (Fsp3) is 0.538. The van der Waals surface area contributed by atoms with E-state index in [0.29, 0.717) is 0 Å². The van der Waals surface area contributed by atoms with E-state index in [2.05, 4.69) is 24.0 Å². The highest BCUT2D eigenvalue weighted by Crippen LogP contribution is 2.36. The Kier molecular flexibility index (Phi) is 1.79. The number of benzene rings is 1. The lowest BCUT2D eigenvalue weighted by molar-refractivity contribution is 0.632. The molecule has 0 saturated heterocycles. The van der Waals surface area contributed by atoms with Gasteiger partial charge in [0.05, 0.1) is 0 Å². The van der Waals surface area contributed by atoms with E-state index < -0.39 is 0 Å². The first-order valence-electron chi connectivity index (χ1n) is 5.72. The zero-order valence-corrected chi connectivity index (χ0v) is 8.84. The van der Waals surface area contributed by atoms with Crippen LogP contribution >= 0.6 is 0 Å². The van der Waals surface area contributed by atoms with Crippen molar-refractivity contribution in [1.82, 2.24) is 0 Å². The van der Waals surface area contributed by atoms with Crippen LogP contribution in [0.3, 0.4) is 0 Å². The number of hydrogen-bond donors (Lipinski definition) is 0. The van der Waals surface area contributed by atoms with Gasteiger partial charge in [0.15, 0.2) is 0 Å². The minimum Gasteiger partial charge on any atom is -0.371 e. The molecule has 3 rings (SSSR count). The predicted octanol–water partition coefficient (Wildman–Crippen LogP) is 2.69. The van der Waals surface area contributed by atoms with Crippen molar-refractivity contribution in [3.8, 4) is 0 Å². The van der Waals surface area contributed by atoms with E-state index in [1.54, 1.807) is 16.8 Å². The van der Waals surface area contributed by atoms with Gasteiger partial charge in [-0.15, -0.1) is 0 Å². The molecule has 0 atom stereocenters. The van der Waals surface area contributed by atoms with Gasteiger partial charge < -0.3 is 4.90 Å². The van der Waals surface area contributed by atoms with Crippen LogP contribution in [0.4, 0.5) is 5.69 Å². The lowest BCUT2D eigenvalue weighted by Gasteiger charge is -2.37. The van der Waals surface area contributed by atoms with Crippen LogP contribution in [0.2, 0.25) is 0 Å². The quantitative estimate of drug-likeness (QED) is 0.603. The molecule has 2 heterocycles. The highest BCUT2D eigenvalue weighted by atomic mass is 15.1. The molecule has 74 valence electrons. The third kappa shape index (κ3) is 1.08. The Hall–Kier alpha value is -0.980. The van der Waals surface area contributed by atoms with Crippen molar-refractivity contribution in [3.05, 3.63) is 28.8 Å². The number of hydrogen-bond acceptors (Lipinski definition) is 1. The molecule has 0 radical (unpaired) electrons. The molecule has 0 unspecified atom stereocenters. The smallest absolute Gasteiger partial charge is 0.0433 e. The summed E-state index contributed by atoms with van der Waals surface area (Å²) in [4.78, 5) is 2.60. The molecule has 0 aliphatic carbocycles. The lowest BCUT2D eigenvalue weighted by Crippen LogP contribution is -2.34. The van der Waals surface area contributed by atoms with E-state index in [9.17, 15) is 0 Å². The third-order valence-corrected chi connectivity index (χ3v) is 3.65. The average Bonchev–Trinajstić information content (AvgIpc) is 2.24. The Morgan fingerprint density at radius 3 is 2.71 bits per heavy atom. The summed E-state index contributed by atoms with van der Waals surface area (Å²) in [6.45, 7) is 4.82. The SMILES string of the molecule is Cc1ccc2c3c1CCCN3CCC2. The standard InChI is InChI=1S/C13H17N/c1-10-6-7-11-4-2-8-14-9-3-5-12(10)13(11)14/h6-7H,2-5,8-9H2,1H3. The highest BCUT2D eigenvalue weighted by Gasteiger charge is 2.24. The van der Waals surface area contributed by atoms with Gasteiger partial charge in [-0.1, -0.05) is 12.1 Å². The lowest BCUT2D eigenvalue weighted by atomic mass is 9.89. The average molecular weight is 187 g/mol. The van der Waals surface area contributed by atoms with Gasteiger partial charge in [0.2, 0.25) is 0 Å². The van der Waals surface area contributed by atoms with E-state index >= 15 is 0 Å². The molecule has 0 spiro atoms. The van der Waals surface area contributed by atoms with Gasteiger partial charge in [0.25, 0.3) is 0 Å². The molecule has 2 aliphatic rings. The molecule has 0 N–H and O–H groups in total. The summed E-state index contributed by atoms with van der Waals surface area (Å²) in [6.07, 6.45) is 5.28. The maximum atomic E-state index is 2.60. The van der Waals surface area contributed by atoms with E-state index in [0.717, 1.165) is 0 Å². The molecule has 0 amide bonds. The molecular weight excluding hydrogens is 170 g/mol. The molecule has 1 heteroatoms. The van der Waals surface area contributed by atoms with Gasteiger partial charge in [-0.05, 0) is 49.3 Å². The largest absolute Gasteiger partial charge is 0.371 e. The van der Waals surface area contributed by atoms with E-state index in [-0.39, 0.29) is 0 Å². The second-order valence-corrected chi connectivity index (χ2v) is 4.56. The van der Waals surface area contributed by atoms with Crippen molar-refractivity contribution in [1.29, 1.82) is 0 Å². The van der Waals surface area contributed by atoms with E-state index in [4.69, 9.17) is 0 Å². The van der Waals surface area contributed by atoms with Crippen LogP contribution in [-0.4, -0.2) is 13.1 Å². The summed E-state index contributed by atoms with van der Waals surface area (Å²) in [5.41, 5.74) is 6.32. The number of anilines is 1. The van der Waals surface area contributed by atoms with Gasteiger partial charge in [-0.3, -0.25) is 0 Å². The Balaban J connectivity index is 2.22. The second-order valence-electron chi connectivity index (χ2n) is 4.56. The molecule has 0 aromatic heterocycles. The molecule has 0 saturated carbocycles. The third-order valence-electron chi connectivity index (χ3n) is 3.65. The van der Waals surface area contributed by atoms with Crippen molar-refractivity contribution in [2.45, 2.75) is 32.6 Å². The fourth-order valence-electron chi connectivity index (χ4n) is 2.94. The zero-order valence-electron chi connectivity index (χ0n) is 8.84. The van der Waals surface area contributed by atoms with Crippen molar-refractivity contribution in [2.75, 3.05) is 18.0 Å². The highest BCUT2D eigenvalue weighted by molar-refractivity contribution is 5.64. The molecule has 1 nitrogen and oxygen atoms in total. The number of nitrogens with zero attached hydrogens (tertiary/aromatic N) is 1. The first-order valence-corrected chi connectivity index (χ1v) is 5.72. The Labute approximate surface area is 85.7 Å². The predicted molar refractivity (Wildman–Crippen MR) is 60.0 cm³/mol. The second kappa shape index (κ2) is 3.01. The molecular formula is C13H17N. The fourth-order valence-corrected chi connectivity index (χ4v) is 2.94. The van der Waals surface area contributed by atoms with Crippen LogP contribution in [-0.2, 0) is 12.8 Å². The first kappa shape index (κ1) is 8.34. The molecule has 14 heavy (non-hydrogen) atoms. The number of rotatable bonds is 0. The molecule has 1 aromatic rings. The van der Waals surface area contributed by atoms with Crippen LogP contribution in [0.15, 0.2) is 12.1 Å². The summed E-state index contributed by atoms with van der Waals surface area (Å²) in [6, 6.07) is 4.65. The summed E-state index contributed by atoms with van der Waals surface area (Å²) >= 11 is 0. The summed E-state index contributed by atoms with van der Waals surface area (Å²) in [5.74, 6) is 0. The summed E-state index contributed by atoms with van der Waals surface area (Å²) in [7, 11) is 0. The molecule has 0 bridgehead atoms. The van der Waals surface area contributed by atoms with Crippen molar-refractivity contribution >= 4 is 5.69 Å². The summed E-state index contributed by atoms with van der Waals surface area (Å²) < 4.78 is 0. The Morgan fingerprint density at radius 1 is 1.07 bits per heavy atom. The minimum absolute atomic E-state index is 1.28. The van der Waals surface area contributed by atoms with Crippen LogP contribution in [0, 0.1) is 6.92 Å². The Morgan fingerprint density at radius 2 is 1.86 bits per heavy atom. The van der Waals surface area contributed by atoms with Crippen molar-refractivity contribution in [2.24, 2.45) is 0 Å².